The molecule has 0 saturated carbocycles. The molecule has 1 atom stereocenters. The molecule has 0 aliphatic heterocycles. The molecular weight excluding hydrogens is 241 g/mol. The highest BCUT2D eigenvalue weighted by atomic mass is 19.1. The highest BCUT2D eigenvalue weighted by molar-refractivity contribution is 5.30. The topological polar surface area (TPSA) is 21.3 Å². The van der Waals surface area contributed by atoms with E-state index in [9.17, 15) is 4.39 Å². The van der Waals surface area contributed by atoms with Crippen LogP contribution in [-0.4, -0.2) is 13.2 Å². The van der Waals surface area contributed by atoms with Crippen LogP contribution in [0.3, 0.4) is 0 Å². The fraction of sp³-hybridized carbons (Fsp3) is 0.625. The largest absolute Gasteiger partial charge is 0.493 e. The third-order valence-corrected chi connectivity index (χ3v) is 3.16. The van der Waals surface area contributed by atoms with Gasteiger partial charge in [0.05, 0.1) is 6.61 Å². The Morgan fingerprint density at radius 2 is 2.00 bits per heavy atom. The van der Waals surface area contributed by atoms with E-state index < -0.39 is 0 Å². The highest BCUT2D eigenvalue weighted by Crippen LogP contribution is 2.22. The van der Waals surface area contributed by atoms with Crippen LogP contribution in [0.2, 0.25) is 0 Å². The molecule has 0 aliphatic rings. The fourth-order valence-corrected chi connectivity index (χ4v) is 1.96. The summed E-state index contributed by atoms with van der Waals surface area (Å²) < 4.78 is 19.5. The smallest absolute Gasteiger partial charge is 0.131 e. The molecule has 0 spiro atoms. The van der Waals surface area contributed by atoms with Gasteiger partial charge in [-0.2, -0.15) is 0 Å². The first-order valence-electron chi connectivity index (χ1n) is 7.34. The van der Waals surface area contributed by atoms with Crippen molar-refractivity contribution in [3.05, 3.63) is 29.6 Å². The van der Waals surface area contributed by atoms with Crippen molar-refractivity contribution in [3.63, 3.8) is 0 Å². The van der Waals surface area contributed by atoms with Crippen molar-refractivity contribution in [2.75, 3.05) is 13.2 Å². The zero-order valence-electron chi connectivity index (χ0n) is 12.3. The Morgan fingerprint density at radius 3 is 2.63 bits per heavy atom. The Morgan fingerprint density at radius 1 is 1.21 bits per heavy atom. The Labute approximate surface area is 116 Å². The van der Waals surface area contributed by atoms with Gasteiger partial charge < -0.3 is 10.1 Å². The number of hydrogen-bond acceptors (Lipinski definition) is 2. The van der Waals surface area contributed by atoms with Gasteiger partial charge in [0.25, 0.3) is 0 Å². The molecule has 0 radical (unpaired) electrons. The van der Waals surface area contributed by atoms with Crippen LogP contribution in [0.4, 0.5) is 4.39 Å². The first-order chi connectivity index (χ1) is 9.19. The average Bonchev–Trinajstić information content (AvgIpc) is 2.41. The van der Waals surface area contributed by atoms with Gasteiger partial charge in [-0.15, -0.1) is 0 Å². The molecule has 1 N–H and O–H groups in total. The van der Waals surface area contributed by atoms with E-state index in [1.54, 1.807) is 0 Å². The Balaban J connectivity index is 2.53. The summed E-state index contributed by atoms with van der Waals surface area (Å²) >= 11 is 0. The molecule has 3 heteroatoms. The van der Waals surface area contributed by atoms with Crippen LogP contribution in [0.1, 0.15) is 58.1 Å². The SMILES string of the molecule is CCCCCOc1ccc(C(C)NCCC)c(F)c1. The summed E-state index contributed by atoms with van der Waals surface area (Å²) in [5.41, 5.74) is 0.703. The fourth-order valence-electron chi connectivity index (χ4n) is 1.96. The van der Waals surface area contributed by atoms with Gasteiger partial charge in [0.2, 0.25) is 0 Å². The second-order valence-corrected chi connectivity index (χ2v) is 4.91. The quantitative estimate of drug-likeness (QED) is 0.667. The molecule has 0 heterocycles. The van der Waals surface area contributed by atoms with Gasteiger partial charge in [-0.3, -0.25) is 0 Å². The normalized spacial score (nSPS) is 12.4. The van der Waals surface area contributed by atoms with Crippen LogP contribution in [0.5, 0.6) is 5.75 Å². The maximum atomic E-state index is 14.0. The lowest BCUT2D eigenvalue weighted by Gasteiger charge is -2.15. The minimum Gasteiger partial charge on any atom is -0.493 e. The minimum absolute atomic E-state index is 0.0362. The number of halogens is 1. The molecule has 0 saturated heterocycles. The van der Waals surface area contributed by atoms with E-state index in [1.165, 1.54) is 6.07 Å². The minimum atomic E-state index is -0.191. The van der Waals surface area contributed by atoms with Crippen molar-refractivity contribution in [2.24, 2.45) is 0 Å². The van der Waals surface area contributed by atoms with Crippen molar-refractivity contribution >= 4 is 0 Å². The number of benzene rings is 1. The molecule has 0 amide bonds. The maximum absolute atomic E-state index is 14.0. The van der Waals surface area contributed by atoms with E-state index >= 15 is 0 Å². The van der Waals surface area contributed by atoms with Crippen LogP contribution >= 0.6 is 0 Å². The van der Waals surface area contributed by atoms with E-state index in [1.807, 2.05) is 19.1 Å². The maximum Gasteiger partial charge on any atom is 0.131 e. The summed E-state index contributed by atoms with van der Waals surface area (Å²) in [6, 6.07) is 5.20. The summed E-state index contributed by atoms with van der Waals surface area (Å²) in [5, 5.41) is 3.29. The molecule has 19 heavy (non-hydrogen) atoms. The summed E-state index contributed by atoms with van der Waals surface area (Å²) in [6.45, 7) is 7.80. The monoisotopic (exact) mass is 267 g/mol. The van der Waals surface area contributed by atoms with Crippen LogP contribution in [0, 0.1) is 5.82 Å². The van der Waals surface area contributed by atoms with Crippen molar-refractivity contribution in [1.82, 2.24) is 5.32 Å². The van der Waals surface area contributed by atoms with Crippen LogP contribution in [0.15, 0.2) is 18.2 Å². The molecule has 1 rings (SSSR count). The second-order valence-electron chi connectivity index (χ2n) is 4.91. The van der Waals surface area contributed by atoms with E-state index in [0.717, 1.165) is 32.2 Å². The number of rotatable bonds is 9. The van der Waals surface area contributed by atoms with Crippen molar-refractivity contribution in [1.29, 1.82) is 0 Å². The Hall–Kier alpha value is -1.09. The predicted octanol–water partition coefficient (Wildman–Crippen LogP) is 4.46. The number of nitrogens with one attached hydrogen (secondary N) is 1. The summed E-state index contributed by atoms with van der Waals surface area (Å²) in [4.78, 5) is 0. The Bertz CT molecular complexity index is 368. The van der Waals surface area contributed by atoms with Gasteiger partial charge in [0.15, 0.2) is 0 Å². The number of ether oxygens (including phenoxy) is 1. The second kappa shape index (κ2) is 8.92. The average molecular weight is 267 g/mol. The lowest BCUT2D eigenvalue weighted by atomic mass is 10.1. The van der Waals surface area contributed by atoms with E-state index in [-0.39, 0.29) is 11.9 Å². The molecule has 108 valence electrons. The molecule has 2 nitrogen and oxygen atoms in total. The van der Waals surface area contributed by atoms with Crippen LogP contribution < -0.4 is 10.1 Å². The standard InChI is InChI=1S/C16H26FNO/c1-4-6-7-11-19-14-8-9-15(16(17)12-14)13(3)18-10-5-2/h8-9,12-13,18H,4-7,10-11H2,1-3H3. The molecule has 0 fully saturated rings. The van der Waals surface area contributed by atoms with Crippen molar-refractivity contribution < 1.29 is 9.13 Å². The summed E-state index contributed by atoms with van der Waals surface area (Å²) in [7, 11) is 0. The lowest BCUT2D eigenvalue weighted by Crippen LogP contribution is -2.20. The van der Waals surface area contributed by atoms with Gasteiger partial charge in [0, 0.05) is 17.7 Å². The van der Waals surface area contributed by atoms with Crippen LogP contribution in [0.25, 0.3) is 0 Å². The molecule has 0 bridgehead atoms. The zero-order valence-corrected chi connectivity index (χ0v) is 12.3. The highest BCUT2D eigenvalue weighted by Gasteiger charge is 2.10. The van der Waals surface area contributed by atoms with Gasteiger partial charge in [-0.1, -0.05) is 32.8 Å². The lowest BCUT2D eigenvalue weighted by molar-refractivity contribution is 0.304. The number of hydrogen-bond donors (Lipinski definition) is 1. The molecular formula is C16H26FNO. The van der Waals surface area contributed by atoms with Gasteiger partial charge >= 0.3 is 0 Å². The third kappa shape index (κ3) is 5.60. The van der Waals surface area contributed by atoms with Gasteiger partial charge in [0.1, 0.15) is 11.6 Å². The first-order valence-corrected chi connectivity index (χ1v) is 7.34. The summed E-state index contributed by atoms with van der Waals surface area (Å²) in [5.74, 6) is 0.434. The van der Waals surface area contributed by atoms with E-state index in [2.05, 4.69) is 19.2 Å². The molecule has 1 aromatic rings. The zero-order chi connectivity index (χ0) is 14.1. The molecule has 0 aliphatic carbocycles. The molecule has 1 unspecified atom stereocenters. The van der Waals surface area contributed by atoms with Gasteiger partial charge in [-0.05, 0) is 32.4 Å². The summed E-state index contributed by atoms with van der Waals surface area (Å²) in [6.07, 6.45) is 4.38. The van der Waals surface area contributed by atoms with Crippen molar-refractivity contribution in [3.8, 4) is 5.75 Å². The van der Waals surface area contributed by atoms with E-state index in [4.69, 9.17) is 4.74 Å². The molecule has 1 aromatic carbocycles. The predicted molar refractivity (Wildman–Crippen MR) is 78.1 cm³/mol. The van der Waals surface area contributed by atoms with Crippen molar-refractivity contribution in [2.45, 2.75) is 52.5 Å². The molecule has 0 aromatic heterocycles. The van der Waals surface area contributed by atoms with E-state index in [0.29, 0.717) is 17.9 Å². The van der Waals surface area contributed by atoms with Crippen LogP contribution in [-0.2, 0) is 0 Å². The Kier molecular flexibility index (Phi) is 7.49. The number of unbranched alkanes of at least 4 members (excludes halogenated alkanes) is 2. The third-order valence-electron chi connectivity index (χ3n) is 3.16. The first kappa shape index (κ1) is 16.0. The van der Waals surface area contributed by atoms with Gasteiger partial charge in [-0.25, -0.2) is 4.39 Å².